The Morgan fingerprint density at radius 2 is 1.95 bits per heavy atom. The number of aryl methyl sites for hydroxylation is 1. The van der Waals surface area contributed by atoms with Gasteiger partial charge in [-0.2, -0.15) is 9.78 Å². The van der Waals surface area contributed by atoms with Crippen LogP contribution in [0.2, 0.25) is 0 Å². The fourth-order valence-electron chi connectivity index (χ4n) is 1.82. The summed E-state index contributed by atoms with van der Waals surface area (Å²) in [5, 5.41) is 16.3. The van der Waals surface area contributed by atoms with Gasteiger partial charge in [-0.25, -0.2) is 0 Å². The second-order valence-corrected chi connectivity index (χ2v) is 5.21. The molecular formula is C14H16N6O. The Kier molecular flexibility index (Phi) is 3.47. The van der Waals surface area contributed by atoms with E-state index < -0.39 is 0 Å². The Morgan fingerprint density at radius 3 is 2.62 bits per heavy atom. The number of tetrazole rings is 1. The largest absolute Gasteiger partial charge is 0.337 e. The number of nitrogens with zero attached hydrogens (tertiary/aromatic N) is 6. The summed E-state index contributed by atoms with van der Waals surface area (Å²) in [6, 6.07) is 7.98. The molecule has 21 heavy (non-hydrogen) atoms. The van der Waals surface area contributed by atoms with Gasteiger partial charge in [0.05, 0.1) is 0 Å². The number of benzene rings is 1. The van der Waals surface area contributed by atoms with E-state index in [2.05, 4.69) is 25.6 Å². The molecule has 0 bridgehead atoms. The molecule has 0 radical (unpaired) electrons. The van der Waals surface area contributed by atoms with Crippen LogP contribution in [-0.2, 0) is 6.54 Å². The molecule has 0 amide bonds. The molecule has 3 aromatic rings. The molecule has 0 N–H and O–H groups in total. The van der Waals surface area contributed by atoms with Gasteiger partial charge in [0, 0.05) is 11.5 Å². The van der Waals surface area contributed by atoms with E-state index in [1.807, 2.05) is 45.0 Å². The highest BCUT2D eigenvalue weighted by atomic mass is 16.5. The summed E-state index contributed by atoms with van der Waals surface area (Å²) in [7, 11) is 0. The molecule has 1 aromatic carbocycles. The van der Waals surface area contributed by atoms with Crippen LogP contribution in [0, 0.1) is 6.92 Å². The van der Waals surface area contributed by atoms with Gasteiger partial charge in [0.25, 0.3) is 0 Å². The Labute approximate surface area is 122 Å². The molecule has 7 heteroatoms. The van der Waals surface area contributed by atoms with Crippen molar-refractivity contribution in [2.75, 3.05) is 0 Å². The molecule has 0 aliphatic heterocycles. The lowest BCUT2D eigenvalue weighted by Crippen LogP contribution is -2.04. The first-order chi connectivity index (χ1) is 10.1. The molecule has 0 atom stereocenters. The third-order valence-electron chi connectivity index (χ3n) is 3.04. The van der Waals surface area contributed by atoms with Crippen LogP contribution in [0.25, 0.3) is 11.4 Å². The first-order valence-electron chi connectivity index (χ1n) is 6.79. The fraction of sp³-hybridized carbons (Fsp3) is 0.357. The van der Waals surface area contributed by atoms with Crippen LogP contribution in [0.1, 0.15) is 37.0 Å². The van der Waals surface area contributed by atoms with Crippen molar-refractivity contribution in [2.24, 2.45) is 0 Å². The molecule has 0 aliphatic carbocycles. The molecule has 2 aromatic heterocycles. The monoisotopic (exact) mass is 284 g/mol. The Balaban J connectivity index is 1.76. The summed E-state index contributed by atoms with van der Waals surface area (Å²) in [4.78, 5) is 5.74. The maximum Gasteiger partial charge on any atom is 0.250 e. The van der Waals surface area contributed by atoms with Gasteiger partial charge < -0.3 is 4.52 Å². The quantitative estimate of drug-likeness (QED) is 0.730. The predicted molar refractivity (Wildman–Crippen MR) is 75.5 cm³/mol. The van der Waals surface area contributed by atoms with Crippen molar-refractivity contribution in [3.8, 4) is 11.4 Å². The van der Waals surface area contributed by atoms with E-state index in [0.29, 0.717) is 24.1 Å². The van der Waals surface area contributed by atoms with Crippen molar-refractivity contribution in [3.63, 3.8) is 0 Å². The van der Waals surface area contributed by atoms with Crippen molar-refractivity contribution in [1.29, 1.82) is 0 Å². The molecule has 0 aliphatic rings. The minimum Gasteiger partial charge on any atom is -0.337 e. The highest BCUT2D eigenvalue weighted by molar-refractivity contribution is 5.53. The van der Waals surface area contributed by atoms with Gasteiger partial charge in [-0.15, -0.1) is 10.2 Å². The summed E-state index contributed by atoms with van der Waals surface area (Å²) in [5.41, 5.74) is 2.12. The van der Waals surface area contributed by atoms with E-state index in [1.165, 1.54) is 10.4 Å². The second-order valence-electron chi connectivity index (χ2n) is 5.21. The molecule has 3 rings (SSSR count). The molecule has 7 nitrogen and oxygen atoms in total. The molecule has 0 unspecified atom stereocenters. The second kappa shape index (κ2) is 5.43. The number of aromatic nitrogens is 6. The molecule has 2 heterocycles. The first-order valence-corrected chi connectivity index (χ1v) is 6.79. The maximum atomic E-state index is 5.17. The normalized spacial score (nSPS) is 11.2. The van der Waals surface area contributed by atoms with Gasteiger partial charge >= 0.3 is 0 Å². The van der Waals surface area contributed by atoms with Gasteiger partial charge in [-0.3, -0.25) is 0 Å². The van der Waals surface area contributed by atoms with Crippen LogP contribution >= 0.6 is 0 Å². The van der Waals surface area contributed by atoms with Gasteiger partial charge in [-0.05, 0) is 12.1 Å². The van der Waals surface area contributed by atoms with Crippen LogP contribution in [-0.4, -0.2) is 30.3 Å². The van der Waals surface area contributed by atoms with Crippen LogP contribution in [0.3, 0.4) is 0 Å². The molecule has 0 fully saturated rings. The molecular weight excluding hydrogens is 268 g/mol. The van der Waals surface area contributed by atoms with Crippen LogP contribution in [0.5, 0.6) is 0 Å². The SMILES string of the molecule is Cc1ccc(-c2nnn(Cc3nc(C(C)C)no3)n2)cc1. The zero-order valence-corrected chi connectivity index (χ0v) is 12.2. The smallest absolute Gasteiger partial charge is 0.250 e. The zero-order chi connectivity index (χ0) is 14.8. The van der Waals surface area contributed by atoms with E-state index in [4.69, 9.17) is 4.52 Å². The topological polar surface area (TPSA) is 82.5 Å². The molecule has 108 valence electrons. The van der Waals surface area contributed by atoms with Crippen LogP contribution < -0.4 is 0 Å². The van der Waals surface area contributed by atoms with Gasteiger partial charge in [-0.1, -0.05) is 48.8 Å². The molecule has 0 saturated carbocycles. The van der Waals surface area contributed by atoms with Crippen molar-refractivity contribution in [1.82, 2.24) is 30.3 Å². The first kappa shape index (κ1) is 13.4. The van der Waals surface area contributed by atoms with E-state index in [9.17, 15) is 0 Å². The highest BCUT2D eigenvalue weighted by Crippen LogP contribution is 2.14. The lowest BCUT2D eigenvalue weighted by Gasteiger charge is -1.95. The van der Waals surface area contributed by atoms with Crippen LogP contribution in [0.15, 0.2) is 28.8 Å². The van der Waals surface area contributed by atoms with E-state index in [0.717, 1.165) is 5.56 Å². The summed E-state index contributed by atoms with van der Waals surface area (Å²) in [6.07, 6.45) is 0. The lowest BCUT2D eigenvalue weighted by molar-refractivity contribution is 0.351. The number of rotatable bonds is 4. The summed E-state index contributed by atoms with van der Waals surface area (Å²) in [5.74, 6) is 1.98. The van der Waals surface area contributed by atoms with Crippen LogP contribution in [0.4, 0.5) is 0 Å². The Morgan fingerprint density at radius 1 is 1.19 bits per heavy atom. The van der Waals surface area contributed by atoms with Crippen molar-refractivity contribution in [3.05, 3.63) is 41.5 Å². The number of hydrogen-bond acceptors (Lipinski definition) is 6. The standard InChI is InChI=1S/C14H16N6O/c1-9(2)13-15-12(21-18-13)8-20-17-14(16-19-20)11-6-4-10(3)5-7-11/h4-7,9H,8H2,1-3H3. The minimum absolute atomic E-state index is 0.231. The van der Waals surface area contributed by atoms with Crippen molar-refractivity contribution < 1.29 is 4.52 Å². The summed E-state index contributed by atoms with van der Waals surface area (Å²) < 4.78 is 5.17. The van der Waals surface area contributed by atoms with Gasteiger partial charge in [0.1, 0.15) is 6.54 Å². The summed E-state index contributed by atoms with van der Waals surface area (Å²) in [6.45, 7) is 6.38. The van der Waals surface area contributed by atoms with Crippen molar-refractivity contribution >= 4 is 0 Å². The fourth-order valence-corrected chi connectivity index (χ4v) is 1.82. The van der Waals surface area contributed by atoms with Crippen molar-refractivity contribution in [2.45, 2.75) is 33.2 Å². The average molecular weight is 284 g/mol. The molecule has 0 saturated heterocycles. The van der Waals surface area contributed by atoms with E-state index in [1.54, 1.807) is 0 Å². The molecule has 0 spiro atoms. The third kappa shape index (κ3) is 2.96. The minimum atomic E-state index is 0.231. The average Bonchev–Trinajstić information content (AvgIpc) is 3.10. The summed E-state index contributed by atoms with van der Waals surface area (Å²) >= 11 is 0. The Bertz CT molecular complexity index is 728. The Hall–Kier alpha value is -2.57. The van der Waals surface area contributed by atoms with Gasteiger partial charge in [0.15, 0.2) is 5.82 Å². The maximum absolute atomic E-state index is 5.17. The predicted octanol–water partition coefficient (Wildman–Crippen LogP) is 2.20. The highest BCUT2D eigenvalue weighted by Gasteiger charge is 2.12. The third-order valence-corrected chi connectivity index (χ3v) is 3.04. The van der Waals surface area contributed by atoms with Gasteiger partial charge in [0.2, 0.25) is 11.7 Å². The zero-order valence-electron chi connectivity index (χ0n) is 12.2. The van der Waals surface area contributed by atoms with E-state index >= 15 is 0 Å². The van der Waals surface area contributed by atoms with E-state index in [-0.39, 0.29) is 5.92 Å². The lowest BCUT2D eigenvalue weighted by atomic mass is 10.1. The number of hydrogen-bond donors (Lipinski definition) is 0.